The van der Waals surface area contributed by atoms with Gasteiger partial charge in [-0.25, -0.2) is 10.9 Å². The normalized spacial score (nSPS) is 18.0. The summed E-state index contributed by atoms with van der Waals surface area (Å²) in [5, 5.41) is 36.9. The van der Waals surface area contributed by atoms with E-state index in [0.717, 1.165) is 33.4 Å². The number of ether oxygens (including phenoxy) is 3. The number of esters is 1. The second-order valence-corrected chi connectivity index (χ2v) is 25.4. The minimum Gasteiger partial charge on any atom is -0.483 e. The largest absolute Gasteiger partial charge is 0.483 e. The summed E-state index contributed by atoms with van der Waals surface area (Å²) in [6.45, 7) is 17.4. The van der Waals surface area contributed by atoms with Crippen LogP contribution < -0.4 is 31.0 Å². The lowest BCUT2D eigenvalue weighted by molar-refractivity contribution is -0.153. The molecule has 4 aromatic carbocycles. The number of aliphatic hydroxyl groups is 2. The maximum absolute atomic E-state index is 13.3. The molecule has 6 rings (SSSR count). The number of nitrogens with one attached hydrogen (secondary N) is 4. The number of ketones is 2. The molecule has 2 aliphatic rings. The first-order valence-electron chi connectivity index (χ1n) is 29.3. The first-order valence-corrected chi connectivity index (χ1v) is 30.4. The van der Waals surface area contributed by atoms with Crippen LogP contribution in [0.15, 0.2) is 97.1 Å². The number of carboxylic acid groups (broad SMARTS) is 1. The second kappa shape index (κ2) is 33.1. The van der Waals surface area contributed by atoms with Crippen molar-refractivity contribution in [2.75, 3.05) is 19.7 Å². The number of carboxylic acids is 1. The minimum absolute atomic E-state index is 0.0567. The number of alkyl halides is 3. The van der Waals surface area contributed by atoms with Crippen LogP contribution in [0.2, 0.25) is 0 Å². The zero-order valence-corrected chi connectivity index (χ0v) is 53.2. The van der Waals surface area contributed by atoms with E-state index in [-0.39, 0.29) is 36.2 Å². The fraction of sp³-hybridized carbons (Fsp3) is 0.500. The van der Waals surface area contributed by atoms with Crippen LogP contribution in [0.3, 0.4) is 0 Å². The molecule has 0 unspecified atom stereocenters. The summed E-state index contributed by atoms with van der Waals surface area (Å²) in [6.07, 6.45) is -0.983. The third-order valence-corrected chi connectivity index (χ3v) is 15.4. The number of carbonyl (C=O) groups excluding carboxylic acids is 7. The average molecular weight is 1270 g/mol. The first-order chi connectivity index (χ1) is 40.9. The van der Waals surface area contributed by atoms with Crippen molar-refractivity contribution in [1.82, 2.24) is 31.5 Å². The van der Waals surface area contributed by atoms with Gasteiger partial charge in [0, 0.05) is 37.8 Å². The van der Waals surface area contributed by atoms with E-state index >= 15 is 0 Å². The van der Waals surface area contributed by atoms with E-state index in [1.54, 1.807) is 65.8 Å². The molecular weight excluding hydrogens is 1180 g/mol. The van der Waals surface area contributed by atoms with Crippen molar-refractivity contribution in [2.45, 2.75) is 160 Å². The fourth-order valence-corrected chi connectivity index (χ4v) is 9.86. The minimum atomic E-state index is -1.75. The summed E-state index contributed by atoms with van der Waals surface area (Å²) in [5.74, 6) is -4.64. The highest BCUT2D eigenvalue weighted by Crippen LogP contribution is 2.30. The first kappa shape index (κ1) is 71.1. The van der Waals surface area contributed by atoms with Crippen LogP contribution in [0, 0.1) is 23.7 Å². The predicted octanol–water partition coefficient (Wildman–Crippen LogP) is 8.81. The molecule has 0 bridgehead atoms. The third kappa shape index (κ3) is 21.9. The highest BCUT2D eigenvalue weighted by Gasteiger charge is 2.37. The van der Waals surface area contributed by atoms with Crippen LogP contribution in [0.4, 0.5) is 0 Å². The number of rotatable bonds is 25. The summed E-state index contributed by atoms with van der Waals surface area (Å²) in [6, 6.07) is 26.4. The summed E-state index contributed by atoms with van der Waals surface area (Å²) >= 11 is 16.9. The van der Waals surface area contributed by atoms with Crippen LogP contribution in [0.1, 0.15) is 131 Å². The number of Topliss-reactive ketones (excluding diaryl/α,β-unsaturated/α-hetero) is 2. The number of nitrogens with zero attached hydrogens (tertiary/aromatic N) is 2. The van der Waals surface area contributed by atoms with Crippen molar-refractivity contribution in [3.8, 4) is 33.8 Å². The maximum Gasteiger partial charge on any atom is 0.325 e. The monoisotopic (exact) mass is 1260 g/mol. The van der Waals surface area contributed by atoms with Crippen LogP contribution in [-0.2, 0) is 43.1 Å². The third-order valence-electron chi connectivity index (χ3n) is 15.1. The molecule has 23 heteroatoms. The number of aliphatic hydroxyl groups excluding tert-OH is 2. The lowest BCUT2D eigenvalue weighted by Crippen LogP contribution is -2.60. The second-order valence-electron chi connectivity index (χ2n) is 22.9. The van der Waals surface area contributed by atoms with Gasteiger partial charge in [0.15, 0.2) is 23.8 Å². The Hall–Kier alpha value is -6.65. The topological polar surface area (TPSA) is 280 Å². The molecule has 10 atom stereocenters. The summed E-state index contributed by atoms with van der Waals surface area (Å²) in [7, 11) is 0. The Kier molecular flexibility index (Phi) is 27.0. The molecule has 87 heavy (non-hydrogen) atoms. The van der Waals surface area contributed by atoms with Crippen molar-refractivity contribution in [2.24, 2.45) is 23.7 Å². The molecule has 0 aromatic heterocycles. The van der Waals surface area contributed by atoms with Crippen molar-refractivity contribution in [3.05, 3.63) is 108 Å². The van der Waals surface area contributed by atoms with E-state index in [1.165, 1.54) is 10.0 Å². The van der Waals surface area contributed by atoms with Crippen molar-refractivity contribution < 1.29 is 67.9 Å². The van der Waals surface area contributed by atoms with Gasteiger partial charge in [0.25, 0.3) is 11.8 Å². The highest BCUT2D eigenvalue weighted by molar-refractivity contribution is 6.67. The number of aliphatic carboxylic acids is 1. The van der Waals surface area contributed by atoms with E-state index in [1.807, 2.05) is 100 Å². The van der Waals surface area contributed by atoms with Crippen LogP contribution in [-0.4, -0.2) is 132 Å². The van der Waals surface area contributed by atoms with Crippen molar-refractivity contribution in [3.63, 3.8) is 0 Å². The number of carbonyl (C=O) groups is 8. The van der Waals surface area contributed by atoms with Gasteiger partial charge in [-0.2, -0.15) is 0 Å². The average Bonchev–Trinajstić information content (AvgIpc) is 3.45. The van der Waals surface area contributed by atoms with Gasteiger partial charge in [-0.15, -0.1) is 0 Å². The lowest BCUT2D eigenvalue weighted by atomic mass is 9.88. The Morgan fingerprint density at radius 1 is 0.563 bits per heavy atom. The Labute approximate surface area is 524 Å². The van der Waals surface area contributed by atoms with E-state index in [2.05, 4.69) is 21.5 Å². The molecule has 0 spiro atoms. The molecular formula is C64H83Cl3N6O14. The zero-order valence-electron chi connectivity index (χ0n) is 50.9. The molecule has 0 saturated carbocycles. The smallest absolute Gasteiger partial charge is 0.325 e. The molecule has 0 aliphatic carbocycles. The Bertz CT molecular complexity index is 2990. The van der Waals surface area contributed by atoms with Gasteiger partial charge in [-0.3, -0.25) is 48.4 Å². The molecule has 4 aromatic rings. The highest BCUT2D eigenvalue weighted by atomic mass is 35.6. The fourth-order valence-electron chi connectivity index (χ4n) is 9.70. The summed E-state index contributed by atoms with van der Waals surface area (Å²) < 4.78 is 15.1. The van der Waals surface area contributed by atoms with Gasteiger partial charge < -0.3 is 40.2 Å². The lowest BCUT2D eigenvalue weighted by Gasteiger charge is -2.34. The number of hydrazine groups is 2. The van der Waals surface area contributed by atoms with Crippen LogP contribution >= 0.6 is 34.8 Å². The van der Waals surface area contributed by atoms with Crippen LogP contribution in [0.5, 0.6) is 11.5 Å². The number of halogens is 3. The van der Waals surface area contributed by atoms with Gasteiger partial charge in [0.1, 0.15) is 42.3 Å². The van der Waals surface area contributed by atoms with E-state index in [9.17, 15) is 53.7 Å². The number of amides is 4. The summed E-state index contributed by atoms with van der Waals surface area (Å²) in [5.41, 5.74) is 10.9. The van der Waals surface area contributed by atoms with Gasteiger partial charge in [0.2, 0.25) is 15.6 Å². The van der Waals surface area contributed by atoms with Gasteiger partial charge in [0.05, 0.1) is 12.2 Å². The molecule has 0 radical (unpaired) electrons. The van der Waals surface area contributed by atoms with Gasteiger partial charge >= 0.3 is 11.9 Å². The molecule has 20 nitrogen and oxygen atoms in total. The standard InChI is InChI=1S/C33H42Cl3N3O7.C31H41N3O7/c1-19(2)27(30(42)37-20(3)31(43)39-15-7-10-28(38-39)32(44)45-18-33(34,35)36)17-29(41)22(5)46-26-13-11-23(12-14-26)25-9-6-8-24(16-25)21(4)40;1-18(2)26(29(37)32-19(3)30(38)34-15-7-10-27(33-34)31(39)40)17-28(36)21(5)41-25-13-11-22(12-14-25)24-9-6-8-23(16-24)20(4)35/h6,8-9,11-14,16,19-22,27-28,38,40H,7,10,15,17-18H2,1-5H3,(H,37,42);6,8-9,11-14,16,18-21,26-27,33,35H,7,10,15,17H2,1-5H3,(H,32,37)(H,39,40)/t20-,21+,22-,27-,28-;19-,20+,21-,26-,27-/m00/s1. The van der Waals surface area contributed by atoms with E-state index < -0.39 is 106 Å². The Morgan fingerprint density at radius 3 is 1.30 bits per heavy atom. The zero-order chi connectivity index (χ0) is 64.4. The summed E-state index contributed by atoms with van der Waals surface area (Å²) in [4.78, 5) is 102. The predicted molar refractivity (Wildman–Crippen MR) is 331 cm³/mol. The SMILES string of the molecule is CC(C)[C@H](CC(=O)[C@H](C)Oc1ccc(-c2cccc([C@@H](C)O)c2)cc1)C(=O)N[C@@H](C)C(=O)N1CCC[C@@H](C(=O)O)N1.CC(C)[C@H](CC(=O)[C@H](C)Oc1ccc(-c2cccc([C@@H](C)O)c2)cc1)C(=O)N[C@@H](C)C(=O)N1CCC[C@@H](C(=O)OCC(Cl)(Cl)Cl)N1. The molecule has 474 valence electrons. The Morgan fingerprint density at radius 2 is 0.943 bits per heavy atom. The van der Waals surface area contributed by atoms with Crippen molar-refractivity contribution >= 4 is 81.9 Å². The molecule has 2 saturated heterocycles. The molecule has 4 amide bonds. The Balaban J connectivity index is 0.000000319. The number of hydrogen-bond acceptors (Lipinski definition) is 15. The van der Waals surface area contributed by atoms with Crippen LogP contribution in [0.25, 0.3) is 22.3 Å². The molecule has 2 heterocycles. The molecule has 2 fully saturated rings. The van der Waals surface area contributed by atoms with Gasteiger partial charge in [-0.05, 0) is 149 Å². The number of hydrogen-bond donors (Lipinski definition) is 7. The quantitative estimate of drug-likeness (QED) is 0.0241. The number of benzene rings is 4. The van der Waals surface area contributed by atoms with Crippen molar-refractivity contribution in [1.29, 1.82) is 0 Å². The maximum atomic E-state index is 13.3. The van der Waals surface area contributed by atoms with E-state index in [0.29, 0.717) is 50.3 Å². The van der Waals surface area contributed by atoms with Gasteiger partial charge in [-0.1, -0.05) is 123 Å². The molecule has 7 N–H and O–H groups in total. The molecule has 2 aliphatic heterocycles. The van der Waals surface area contributed by atoms with E-state index in [4.69, 9.17) is 49.0 Å².